The molecule has 0 spiro atoms. The molecule has 1 aliphatic rings. The second kappa shape index (κ2) is 6.36. The fourth-order valence-electron chi connectivity index (χ4n) is 2.19. The first-order chi connectivity index (χ1) is 8.78. The highest BCUT2D eigenvalue weighted by Gasteiger charge is 2.17. The predicted molar refractivity (Wildman–Crippen MR) is 71.1 cm³/mol. The first-order valence-corrected chi connectivity index (χ1v) is 6.40. The Balaban J connectivity index is 1.87. The standard InChI is InChI=1S/C15H19NO2/c1-2-18-15(17)10-14-8-9-16(12-14)11-13-6-4-3-5-7-13/h3-7,10H,2,8-9,11-12H2,1H3/b14-10-. The largest absolute Gasteiger partial charge is 0.463 e. The van der Waals surface area contributed by atoms with E-state index < -0.39 is 0 Å². The molecule has 1 aromatic carbocycles. The van der Waals surface area contributed by atoms with Crippen LogP contribution < -0.4 is 0 Å². The summed E-state index contributed by atoms with van der Waals surface area (Å²) in [7, 11) is 0. The molecule has 1 aliphatic heterocycles. The van der Waals surface area contributed by atoms with Crippen LogP contribution in [0.3, 0.4) is 0 Å². The van der Waals surface area contributed by atoms with Crippen molar-refractivity contribution in [2.75, 3.05) is 19.7 Å². The number of likely N-dealkylation sites (tertiary alicyclic amines) is 1. The molecule has 0 bridgehead atoms. The molecule has 3 heteroatoms. The van der Waals surface area contributed by atoms with Gasteiger partial charge in [-0.3, -0.25) is 4.90 Å². The van der Waals surface area contributed by atoms with Crippen LogP contribution in [0.5, 0.6) is 0 Å². The number of hydrogen-bond acceptors (Lipinski definition) is 3. The van der Waals surface area contributed by atoms with Crippen LogP contribution in [0.1, 0.15) is 18.9 Å². The van der Waals surface area contributed by atoms with Gasteiger partial charge in [0.05, 0.1) is 6.61 Å². The molecule has 0 N–H and O–H groups in total. The van der Waals surface area contributed by atoms with E-state index in [1.165, 1.54) is 11.1 Å². The van der Waals surface area contributed by atoms with Crippen molar-refractivity contribution in [2.45, 2.75) is 19.9 Å². The number of carbonyl (C=O) groups excluding carboxylic acids is 1. The van der Waals surface area contributed by atoms with Gasteiger partial charge in [-0.15, -0.1) is 0 Å². The number of benzene rings is 1. The first kappa shape index (κ1) is 12.8. The van der Waals surface area contributed by atoms with Crippen molar-refractivity contribution >= 4 is 5.97 Å². The van der Waals surface area contributed by atoms with Crippen LogP contribution in [0.4, 0.5) is 0 Å². The van der Waals surface area contributed by atoms with Crippen molar-refractivity contribution in [1.82, 2.24) is 4.90 Å². The van der Waals surface area contributed by atoms with Gasteiger partial charge in [0.1, 0.15) is 0 Å². The Labute approximate surface area is 108 Å². The molecular formula is C15H19NO2. The highest BCUT2D eigenvalue weighted by atomic mass is 16.5. The Bertz CT molecular complexity index is 425. The lowest BCUT2D eigenvalue weighted by molar-refractivity contribution is -0.137. The number of hydrogen-bond donors (Lipinski definition) is 0. The molecule has 0 radical (unpaired) electrons. The fraction of sp³-hybridized carbons (Fsp3) is 0.400. The average molecular weight is 245 g/mol. The molecule has 1 heterocycles. The number of esters is 1. The number of ether oxygens (including phenoxy) is 1. The molecule has 0 aliphatic carbocycles. The van der Waals surface area contributed by atoms with Gasteiger partial charge < -0.3 is 4.74 Å². The van der Waals surface area contributed by atoms with Gasteiger partial charge in [-0.1, -0.05) is 30.3 Å². The van der Waals surface area contributed by atoms with Gasteiger partial charge in [-0.25, -0.2) is 4.79 Å². The Morgan fingerprint density at radius 3 is 2.89 bits per heavy atom. The Morgan fingerprint density at radius 1 is 1.39 bits per heavy atom. The third kappa shape index (κ3) is 3.70. The molecule has 1 aromatic rings. The van der Waals surface area contributed by atoms with E-state index in [1.807, 2.05) is 13.0 Å². The molecule has 0 saturated carbocycles. The lowest BCUT2D eigenvalue weighted by Gasteiger charge is -2.13. The fourth-order valence-corrected chi connectivity index (χ4v) is 2.19. The van der Waals surface area contributed by atoms with Crippen molar-refractivity contribution in [1.29, 1.82) is 0 Å². The molecule has 0 atom stereocenters. The number of rotatable bonds is 4. The minimum atomic E-state index is -0.214. The van der Waals surface area contributed by atoms with E-state index in [0.717, 1.165) is 26.1 Å². The summed E-state index contributed by atoms with van der Waals surface area (Å²) in [4.78, 5) is 13.7. The maximum atomic E-state index is 11.3. The normalized spacial score (nSPS) is 18.2. The Kier molecular flexibility index (Phi) is 4.53. The summed E-state index contributed by atoms with van der Waals surface area (Å²) in [6.45, 7) is 5.10. The van der Waals surface area contributed by atoms with Crippen LogP contribution in [0.2, 0.25) is 0 Å². The Morgan fingerprint density at radius 2 is 2.17 bits per heavy atom. The molecule has 1 fully saturated rings. The summed E-state index contributed by atoms with van der Waals surface area (Å²) in [6, 6.07) is 10.4. The van der Waals surface area contributed by atoms with Gasteiger partial charge in [-0.05, 0) is 24.5 Å². The van der Waals surface area contributed by atoms with Crippen LogP contribution in [0.15, 0.2) is 42.0 Å². The summed E-state index contributed by atoms with van der Waals surface area (Å²) in [5, 5.41) is 0. The molecule has 0 aromatic heterocycles. The lowest BCUT2D eigenvalue weighted by atomic mass is 10.2. The highest BCUT2D eigenvalue weighted by molar-refractivity contribution is 5.82. The van der Waals surface area contributed by atoms with Crippen molar-refractivity contribution in [3.8, 4) is 0 Å². The summed E-state index contributed by atoms with van der Waals surface area (Å²) in [5.74, 6) is -0.214. The second-order valence-corrected chi connectivity index (χ2v) is 4.50. The van der Waals surface area contributed by atoms with Crippen molar-refractivity contribution in [3.05, 3.63) is 47.5 Å². The lowest BCUT2D eigenvalue weighted by Crippen LogP contribution is -2.18. The average Bonchev–Trinajstić information content (AvgIpc) is 2.78. The van der Waals surface area contributed by atoms with E-state index in [2.05, 4.69) is 29.2 Å². The number of nitrogens with zero attached hydrogens (tertiary/aromatic N) is 1. The van der Waals surface area contributed by atoms with E-state index in [9.17, 15) is 4.79 Å². The molecule has 3 nitrogen and oxygen atoms in total. The highest BCUT2D eigenvalue weighted by Crippen LogP contribution is 2.17. The summed E-state index contributed by atoms with van der Waals surface area (Å²) in [5.41, 5.74) is 2.49. The third-order valence-electron chi connectivity index (χ3n) is 3.03. The van der Waals surface area contributed by atoms with Gasteiger partial charge in [0.25, 0.3) is 0 Å². The number of carbonyl (C=O) groups is 1. The zero-order valence-corrected chi connectivity index (χ0v) is 10.8. The predicted octanol–water partition coefficient (Wildman–Crippen LogP) is 2.38. The van der Waals surface area contributed by atoms with E-state index in [-0.39, 0.29) is 5.97 Å². The van der Waals surface area contributed by atoms with E-state index in [1.54, 1.807) is 6.08 Å². The van der Waals surface area contributed by atoms with Crippen molar-refractivity contribution < 1.29 is 9.53 Å². The maximum Gasteiger partial charge on any atom is 0.330 e. The van der Waals surface area contributed by atoms with E-state index >= 15 is 0 Å². The molecule has 0 unspecified atom stereocenters. The topological polar surface area (TPSA) is 29.5 Å². The molecule has 18 heavy (non-hydrogen) atoms. The Hall–Kier alpha value is -1.61. The zero-order chi connectivity index (χ0) is 12.8. The summed E-state index contributed by atoms with van der Waals surface area (Å²) >= 11 is 0. The second-order valence-electron chi connectivity index (χ2n) is 4.50. The minimum Gasteiger partial charge on any atom is -0.463 e. The quantitative estimate of drug-likeness (QED) is 0.602. The molecule has 96 valence electrons. The molecule has 0 amide bonds. The smallest absolute Gasteiger partial charge is 0.330 e. The van der Waals surface area contributed by atoms with Crippen LogP contribution in [0.25, 0.3) is 0 Å². The summed E-state index contributed by atoms with van der Waals surface area (Å²) in [6.07, 6.45) is 2.61. The van der Waals surface area contributed by atoms with Crippen molar-refractivity contribution in [2.24, 2.45) is 0 Å². The third-order valence-corrected chi connectivity index (χ3v) is 3.03. The zero-order valence-electron chi connectivity index (χ0n) is 10.8. The SMILES string of the molecule is CCOC(=O)/C=C1/CCN(Cc2ccccc2)C1. The van der Waals surface area contributed by atoms with E-state index in [4.69, 9.17) is 4.74 Å². The first-order valence-electron chi connectivity index (χ1n) is 6.40. The van der Waals surface area contributed by atoms with E-state index in [0.29, 0.717) is 6.61 Å². The van der Waals surface area contributed by atoms with Crippen LogP contribution in [-0.2, 0) is 16.1 Å². The molecule has 1 saturated heterocycles. The van der Waals surface area contributed by atoms with Gasteiger partial charge in [-0.2, -0.15) is 0 Å². The summed E-state index contributed by atoms with van der Waals surface area (Å²) < 4.78 is 4.92. The van der Waals surface area contributed by atoms with Gasteiger partial charge in [0.2, 0.25) is 0 Å². The monoisotopic (exact) mass is 245 g/mol. The van der Waals surface area contributed by atoms with Gasteiger partial charge in [0.15, 0.2) is 0 Å². The molecule has 2 rings (SSSR count). The van der Waals surface area contributed by atoms with Gasteiger partial charge in [0, 0.05) is 25.7 Å². The maximum absolute atomic E-state index is 11.3. The van der Waals surface area contributed by atoms with Crippen LogP contribution >= 0.6 is 0 Å². The van der Waals surface area contributed by atoms with Gasteiger partial charge >= 0.3 is 5.97 Å². The van der Waals surface area contributed by atoms with Crippen LogP contribution in [0, 0.1) is 0 Å². The van der Waals surface area contributed by atoms with Crippen LogP contribution in [-0.4, -0.2) is 30.6 Å². The molecular weight excluding hydrogens is 226 g/mol. The van der Waals surface area contributed by atoms with Crippen molar-refractivity contribution in [3.63, 3.8) is 0 Å². The minimum absolute atomic E-state index is 0.214.